The van der Waals surface area contributed by atoms with Crippen LogP contribution in [0.25, 0.3) is 10.9 Å². The molecule has 0 aliphatic heterocycles. The van der Waals surface area contributed by atoms with Gasteiger partial charge in [0.25, 0.3) is 5.56 Å². The van der Waals surface area contributed by atoms with Crippen molar-refractivity contribution >= 4 is 16.9 Å². The third-order valence-electron chi connectivity index (χ3n) is 4.47. The Bertz CT molecular complexity index is 726. The van der Waals surface area contributed by atoms with Gasteiger partial charge < -0.3 is 9.67 Å². The lowest BCUT2D eigenvalue weighted by atomic mass is 10.0. The fraction of sp³-hybridized carbons (Fsp3) is 0.412. The van der Waals surface area contributed by atoms with E-state index >= 15 is 0 Å². The number of rotatable bonds is 4. The molecule has 1 aromatic heterocycles. The molecule has 1 aromatic carbocycles. The molecule has 1 heterocycles. The molecule has 21 heavy (non-hydrogen) atoms. The number of fused-ring (bicyclic) bond motifs is 1. The van der Waals surface area contributed by atoms with E-state index in [1.807, 2.05) is 24.3 Å². The average molecular weight is 285 g/mol. The van der Waals surface area contributed by atoms with Crippen LogP contribution >= 0.6 is 0 Å². The number of carboxylic acids is 1. The van der Waals surface area contributed by atoms with Gasteiger partial charge in [0.1, 0.15) is 5.56 Å². The number of nitrogens with zero attached hydrogens (tertiary/aromatic N) is 1. The van der Waals surface area contributed by atoms with Crippen molar-refractivity contribution in [3.63, 3.8) is 0 Å². The summed E-state index contributed by atoms with van der Waals surface area (Å²) in [5.41, 5.74) is 0.296. The minimum atomic E-state index is -1.15. The van der Waals surface area contributed by atoms with Gasteiger partial charge in [-0.15, -0.1) is 0 Å². The second-order valence-electron chi connectivity index (χ2n) is 5.82. The summed E-state index contributed by atoms with van der Waals surface area (Å²) in [6, 6.07) is 8.96. The van der Waals surface area contributed by atoms with Crippen LogP contribution in [0.1, 0.15) is 42.5 Å². The third-order valence-corrected chi connectivity index (χ3v) is 4.47. The van der Waals surface area contributed by atoms with Crippen LogP contribution in [0, 0.1) is 5.92 Å². The summed E-state index contributed by atoms with van der Waals surface area (Å²) >= 11 is 0. The Morgan fingerprint density at radius 3 is 2.67 bits per heavy atom. The summed E-state index contributed by atoms with van der Waals surface area (Å²) in [5, 5.41) is 10.0. The number of aromatic carboxylic acids is 1. The van der Waals surface area contributed by atoms with Gasteiger partial charge in [-0.3, -0.25) is 4.79 Å². The Hall–Kier alpha value is -2.10. The smallest absolute Gasteiger partial charge is 0.341 e. The molecule has 1 saturated carbocycles. The fourth-order valence-electron chi connectivity index (χ4n) is 3.31. The number of benzene rings is 1. The predicted molar refractivity (Wildman–Crippen MR) is 81.7 cm³/mol. The zero-order valence-electron chi connectivity index (χ0n) is 11.9. The van der Waals surface area contributed by atoms with Gasteiger partial charge in [0.2, 0.25) is 0 Å². The molecule has 4 heteroatoms. The van der Waals surface area contributed by atoms with Crippen molar-refractivity contribution in [1.29, 1.82) is 0 Å². The highest BCUT2D eigenvalue weighted by Crippen LogP contribution is 2.28. The van der Waals surface area contributed by atoms with E-state index in [2.05, 4.69) is 0 Å². The summed E-state index contributed by atoms with van der Waals surface area (Å²) in [5.74, 6) is -0.482. The second-order valence-corrected chi connectivity index (χ2v) is 5.82. The van der Waals surface area contributed by atoms with Crippen molar-refractivity contribution in [2.24, 2.45) is 5.92 Å². The molecule has 110 valence electrons. The molecule has 3 rings (SSSR count). The van der Waals surface area contributed by atoms with Gasteiger partial charge in [-0.05, 0) is 29.9 Å². The van der Waals surface area contributed by atoms with Gasteiger partial charge in [0, 0.05) is 6.54 Å². The SMILES string of the molecule is O=C(O)c1cc2ccccc2n(CCC2CCCC2)c1=O. The first kappa shape index (κ1) is 13.9. The topological polar surface area (TPSA) is 59.3 Å². The quantitative estimate of drug-likeness (QED) is 0.937. The van der Waals surface area contributed by atoms with Crippen molar-refractivity contribution in [2.75, 3.05) is 0 Å². The van der Waals surface area contributed by atoms with Crippen molar-refractivity contribution in [3.05, 3.63) is 46.2 Å². The third kappa shape index (κ3) is 2.71. The van der Waals surface area contributed by atoms with Crippen molar-refractivity contribution in [3.8, 4) is 0 Å². The van der Waals surface area contributed by atoms with Crippen LogP contribution in [0.4, 0.5) is 0 Å². The van der Waals surface area contributed by atoms with Gasteiger partial charge in [-0.2, -0.15) is 0 Å². The van der Waals surface area contributed by atoms with Crippen LogP contribution in [0.15, 0.2) is 35.1 Å². The molecule has 0 spiro atoms. The molecule has 1 aliphatic carbocycles. The van der Waals surface area contributed by atoms with E-state index in [4.69, 9.17) is 0 Å². The number of hydrogen-bond acceptors (Lipinski definition) is 2. The Morgan fingerprint density at radius 2 is 1.95 bits per heavy atom. The highest BCUT2D eigenvalue weighted by molar-refractivity contribution is 5.92. The highest BCUT2D eigenvalue weighted by Gasteiger charge is 2.18. The summed E-state index contributed by atoms with van der Waals surface area (Å²) < 4.78 is 1.64. The molecule has 0 radical (unpaired) electrons. The first-order chi connectivity index (χ1) is 10.2. The molecule has 0 unspecified atom stereocenters. The molecule has 1 N–H and O–H groups in total. The molecule has 0 amide bonds. The molecule has 1 fully saturated rings. The lowest BCUT2D eigenvalue weighted by Crippen LogP contribution is -2.27. The maximum Gasteiger partial charge on any atom is 0.341 e. The fourth-order valence-corrected chi connectivity index (χ4v) is 3.31. The number of aryl methyl sites for hydroxylation is 1. The minimum Gasteiger partial charge on any atom is -0.477 e. The van der Waals surface area contributed by atoms with Crippen molar-refractivity contribution < 1.29 is 9.90 Å². The molecule has 2 aromatic rings. The van der Waals surface area contributed by atoms with Gasteiger partial charge in [0.15, 0.2) is 0 Å². The first-order valence-electron chi connectivity index (χ1n) is 7.52. The number of pyridine rings is 1. The van der Waals surface area contributed by atoms with Crippen LogP contribution in [0.3, 0.4) is 0 Å². The van der Waals surface area contributed by atoms with Crippen LogP contribution < -0.4 is 5.56 Å². The van der Waals surface area contributed by atoms with Gasteiger partial charge in [-0.1, -0.05) is 43.9 Å². The number of carboxylic acid groups (broad SMARTS) is 1. The van der Waals surface area contributed by atoms with Crippen LogP contribution in [-0.4, -0.2) is 15.6 Å². The van der Waals surface area contributed by atoms with E-state index < -0.39 is 5.97 Å². The second kappa shape index (κ2) is 5.72. The lowest BCUT2D eigenvalue weighted by Gasteiger charge is -2.14. The lowest BCUT2D eigenvalue weighted by molar-refractivity contribution is 0.0694. The maximum absolute atomic E-state index is 12.4. The van der Waals surface area contributed by atoms with Gasteiger partial charge in [-0.25, -0.2) is 4.79 Å². The van der Waals surface area contributed by atoms with E-state index in [0.717, 1.165) is 17.3 Å². The van der Waals surface area contributed by atoms with Crippen molar-refractivity contribution in [2.45, 2.75) is 38.6 Å². The number of aromatic nitrogens is 1. The van der Waals surface area contributed by atoms with Crippen LogP contribution in [0.5, 0.6) is 0 Å². The summed E-state index contributed by atoms with van der Waals surface area (Å²) in [4.78, 5) is 23.7. The number of para-hydroxylation sites is 1. The molecule has 0 atom stereocenters. The maximum atomic E-state index is 12.4. The Kier molecular flexibility index (Phi) is 3.78. The zero-order chi connectivity index (χ0) is 14.8. The van der Waals surface area contributed by atoms with Crippen molar-refractivity contribution in [1.82, 2.24) is 4.57 Å². The van der Waals surface area contributed by atoms with E-state index in [1.165, 1.54) is 31.7 Å². The number of hydrogen-bond donors (Lipinski definition) is 1. The number of carbonyl (C=O) groups is 1. The molecule has 0 bridgehead atoms. The van der Waals surface area contributed by atoms with Crippen LogP contribution in [0.2, 0.25) is 0 Å². The predicted octanol–water partition coefficient (Wildman–Crippen LogP) is 3.28. The highest BCUT2D eigenvalue weighted by atomic mass is 16.4. The Morgan fingerprint density at radius 1 is 1.24 bits per heavy atom. The molecular weight excluding hydrogens is 266 g/mol. The van der Waals surface area contributed by atoms with E-state index in [9.17, 15) is 14.7 Å². The van der Waals surface area contributed by atoms with Gasteiger partial charge in [0.05, 0.1) is 5.52 Å². The molecule has 0 saturated heterocycles. The standard InChI is InChI=1S/C17H19NO3/c19-16-14(17(20)21)11-13-7-3-4-8-15(13)18(16)10-9-12-5-1-2-6-12/h3-4,7-8,11-12H,1-2,5-6,9-10H2,(H,20,21). The first-order valence-corrected chi connectivity index (χ1v) is 7.52. The molecule has 1 aliphatic rings. The van der Waals surface area contributed by atoms with Crippen LogP contribution in [-0.2, 0) is 6.54 Å². The summed E-state index contributed by atoms with van der Waals surface area (Å²) in [7, 11) is 0. The largest absolute Gasteiger partial charge is 0.477 e. The zero-order valence-corrected chi connectivity index (χ0v) is 11.9. The molecule has 4 nitrogen and oxygen atoms in total. The van der Waals surface area contributed by atoms with E-state index in [0.29, 0.717) is 12.5 Å². The summed E-state index contributed by atoms with van der Waals surface area (Å²) in [6.45, 7) is 0.602. The molecular formula is C17H19NO3. The minimum absolute atomic E-state index is 0.139. The van der Waals surface area contributed by atoms with Gasteiger partial charge >= 0.3 is 5.97 Å². The summed E-state index contributed by atoms with van der Waals surface area (Å²) in [6.07, 6.45) is 5.95. The monoisotopic (exact) mass is 285 g/mol. The Labute approximate surface area is 123 Å². The van der Waals surface area contributed by atoms with E-state index in [1.54, 1.807) is 4.57 Å². The average Bonchev–Trinajstić information content (AvgIpc) is 2.99. The Balaban J connectivity index is 2.03. The normalized spacial score (nSPS) is 15.6. The van der Waals surface area contributed by atoms with E-state index in [-0.39, 0.29) is 11.1 Å².